The van der Waals surface area contributed by atoms with Crippen molar-refractivity contribution in [3.05, 3.63) is 104 Å². The maximum atomic E-state index is 13.6. The number of methoxy groups -OCH3 is 1. The Bertz CT molecular complexity index is 1420. The van der Waals surface area contributed by atoms with Crippen molar-refractivity contribution in [2.45, 2.75) is 25.8 Å². The number of nitrogens with one attached hydrogen (secondary N) is 1. The first-order chi connectivity index (χ1) is 17.8. The van der Waals surface area contributed by atoms with E-state index >= 15 is 0 Å². The zero-order valence-electron chi connectivity index (χ0n) is 20.2. The van der Waals surface area contributed by atoms with Gasteiger partial charge in [-0.05, 0) is 42.3 Å². The van der Waals surface area contributed by atoms with Gasteiger partial charge in [-0.2, -0.15) is 5.10 Å². The minimum atomic E-state index is -0.884. The average molecular weight is 601 g/mol. The molecule has 0 bridgehead atoms. The molecule has 0 radical (unpaired) electrons. The van der Waals surface area contributed by atoms with Crippen molar-refractivity contribution < 1.29 is 14.3 Å². The number of carbonyl (C=O) groups is 2. The maximum absolute atomic E-state index is 13.6. The summed E-state index contributed by atoms with van der Waals surface area (Å²) in [5.41, 5.74) is 3.96. The fourth-order valence-corrected chi connectivity index (χ4v) is 4.86. The number of hydrogen-bond acceptors (Lipinski definition) is 4. The number of aromatic nitrogens is 2. The summed E-state index contributed by atoms with van der Waals surface area (Å²) in [5, 5.41) is 8.41. The van der Waals surface area contributed by atoms with Crippen LogP contribution in [0, 0.1) is 0 Å². The molecular formula is C28H24BrCl2N3O3. The van der Waals surface area contributed by atoms with Gasteiger partial charge in [-0.15, -0.1) is 0 Å². The third-order valence-corrected chi connectivity index (χ3v) is 6.95. The van der Waals surface area contributed by atoms with E-state index in [1.807, 2.05) is 61.5 Å². The molecule has 0 spiro atoms. The zero-order chi connectivity index (χ0) is 26.5. The average Bonchev–Trinajstić information content (AvgIpc) is 3.28. The zero-order valence-corrected chi connectivity index (χ0v) is 23.3. The van der Waals surface area contributed by atoms with Crippen LogP contribution in [0.2, 0.25) is 10.0 Å². The fourth-order valence-electron chi connectivity index (χ4n) is 4.11. The highest BCUT2D eigenvalue weighted by Crippen LogP contribution is 2.34. The quantitative estimate of drug-likeness (QED) is 0.229. The Balaban J connectivity index is 1.80. The van der Waals surface area contributed by atoms with E-state index in [0.717, 1.165) is 21.3 Å². The van der Waals surface area contributed by atoms with E-state index in [-0.39, 0.29) is 12.1 Å². The number of carbonyl (C=O) groups excluding carboxylic acids is 2. The van der Waals surface area contributed by atoms with E-state index in [0.29, 0.717) is 27.7 Å². The van der Waals surface area contributed by atoms with Crippen molar-refractivity contribution in [1.29, 1.82) is 0 Å². The second kappa shape index (κ2) is 11.9. The number of halogens is 3. The van der Waals surface area contributed by atoms with Crippen LogP contribution in [0.1, 0.15) is 28.5 Å². The minimum Gasteiger partial charge on any atom is -0.467 e. The van der Waals surface area contributed by atoms with Gasteiger partial charge in [0.1, 0.15) is 6.04 Å². The van der Waals surface area contributed by atoms with Crippen LogP contribution in [0.4, 0.5) is 0 Å². The SMILES string of the molecule is CCc1c(C(=O)N[C@@H](Cc2ccccc2)C(=O)OC)nn(-c2ccc(Cl)cc2Cl)c1-c1ccc(Br)cc1. The van der Waals surface area contributed by atoms with Crippen LogP contribution >= 0.6 is 39.1 Å². The van der Waals surface area contributed by atoms with Crippen molar-refractivity contribution >= 4 is 51.0 Å². The van der Waals surface area contributed by atoms with Gasteiger partial charge in [0.2, 0.25) is 0 Å². The van der Waals surface area contributed by atoms with Gasteiger partial charge in [-0.25, -0.2) is 9.48 Å². The van der Waals surface area contributed by atoms with Crippen LogP contribution in [0.15, 0.2) is 77.3 Å². The molecule has 190 valence electrons. The van der Waals surface area contributed by atoms with E-state index in [4.69, 9.17) is 33.0 Å². The molecule has 1 N–H and O–H groups in total. The van der Waals surface area contributed by atoms with Crippen LogP contribution < -0.4 is 5.32 Å². The number of rotatable bonds is 8. The number of nitrogens with zero attached hydrogens (tertiary/aromatic N) is 2. The Labute approximate surface area is 233 Å². The van der Waals surface area contributed by atoms with Crippen LogP contribution in [-0.4, -0.2) is 34.8 Å². The van der Waals surface area contributed by atoms with Crippen LogP contribution in [0.3, 0.4) is 0 Å². The first-order valence-corrected chi connectivity index (χ1v) is 13.1. The lowest BCUT2D eigenvalue weighted by Crippen LogP contribution is -2.43. The fraction of sp³-hybridized carbons (Fsp3) is 0.179. The summed E-state index contributed by atoms with van der Waals surface area (Å²) in [5.74, 6) is -1.02. The Hall–Kier alpha value is -3.13. The molecule has 6 nitrogen and oxygen atoms in total. The summed E-state index contributed by atoms with van der Waals surface area (Å²) in [6, 6.07) is 21.4. The third kappa shape index (κ3) is 6.06. The lowest BCUT2D eigenvalue weighted by Gasteiger charge is -2.16. The van der Waals surface area contributed by atoms with Gasteiger partial charge >= 0.3 is 5.97 Å². The number of esters is 1. The molecule has 3 aromatic carbocycles. The van der Waals surface area contributed by atoms with E-state index in [9.17, 15) is 9.59 Å². The monoisotopic (exact) mass is 599 g/mol. The van der Waals surface area contributed by atoms with E-state index in [1.54, 1.807) is 22.9 Å². The molecule has 9 heteroatoms. The summed E-state index contributed by atoms with van der Waals surface area (Å²) >= 11 is 16.2. The van der Waals surface area contributed by atoms with Crippen molar-refractivity contribution in [3.63, 3.8) is 0 Å². The molecule has 4 aromatic rings. The van der Waals surface area contributed by atoms with E-state index in [2.05, 4.69) is 21.2 Å². The maximum Gasteiger partial charge on any atom is 0.328 e. The summed E-state index contributed by atoms with van der Waals surface area (Å²) in [4.78, 5) is 26.2. The molecule has 4 rings (SSSR count). The topological polar surface area (TPSA) is 73.2 Å². The number of ether oxygens (including phenoxy) is 1. The van der Waals surface area contributed by atoms with Crippen LogP contribution in [-0.2, 0) is 22.4 Å². The molecule has 1 amide bonds. The van der Waals surface area contributed by atoms with Gasteiger partial charge in [-0.1, -0.05) is 88.5 Å². The van der Waals surface area contributed by atoms with Gasteiger partial charge in [0, 0.05) is 27.0 Å². The number of amides is 1. The highest BCUT2D eigenvalue weighted by Gasteiger charge is 2.28. The van der Waals surface area contributed by atoms with Crippen molar-refractivity contribution in [3.8, 4) is 16.9 Å². The van der Waals surface area contributed by atoms with Gasteiger partial charge in [-0.3, -0.25) is 4.79 Å². The van der Waals surface area contributed by atoms with Gasteiger partial charge in [0.05, 0.1) is 23.5 Å². The van der Waals surface area contributed by atoms with Gasteiger partial charge in [0.15, 0.2) is 5.69 Å². The van der Waals surface area contributed by atoms with Crippen molar-refractivity contribution in [2.24, 2.45) is 0 Å². The summed E-state index contributed by atoms with van der Waals surface area (Å²) in [6.07, 6.45) is 0.797. The molecule has 1 atom stereocenters. The first-order valence-electron chi connectivity index (χ1n) is 11.6. The Kier molecular flexibility index (Phi) is 8.69. The molecule has 37 heavy (non-hydrogen) atoms. The smallest absolute Gasteiger partial charge is 0.328 e. The van der Waals surface area contributed by atoms with Crippen molar-refractivity contribution in [2.75, 3.05) is 7.11 Å². The van der Waals surface area contributed by atoms with Crippen molar-refractivity contribution in [1.82, 2.24) is 15.1 Å². The second-order valence-corrected chi connectivity index (χ2v) is 10.0. The molecule has 0 fully saturated rings. The third-order valence-electron chi connectivity index (χ3n) is 5.88. The van der Waals surface area contributed by atoms with E-state index in [1.165, 1.54) is 7.11 Å². The number of benzene rings is 3. The largest absolute Gasteiger partial charge is 0.467 e. The Morgan fingerprint density at radius 3 is 2.38 bits per heavy atom. The molecular weight excluding hydrogens is 577 g/mol. The predicted octanol–water partition coefficient (Wildman–Crippen LogP) is 6.69. The van der Waals surface area contributed by atoms with Crippen LogP contribution in [0.25, 0.3) is 16.9 Å². The summed E-state index contributed by atoms with van der Waals surface area (Å²) in [6.45, 7) is 1.95. The Morgan fingerprint density at radius 2 is 1.76 bits per heavy atom. The summed E-state index contributed by atoms with van der Waals surface area (Å²) in [7, 11) is 1.30. The normalized spacial score (nSPS) is 11.7. The molecule has 1 aromatic heterocycles. The molecule has 0 aliphatic carbocycles. The second-order valence-electron chi connectivity index (χ2n) is 8.28. The lowest BCUT2D eigenvalue weighted by atomic mass is 10.0. The van der Waals surface area contributed by atoms with Gasteiger partial charge < -0.3 is 10.1 Å². The predicted molar refractivity (Wildman–Crippen MR) is 150 cm³/mol. The lowest BCUT2D eigenvalue weighted by molar-refractivity contribution is -0.142. The molecule has 0 saturated heterocycles. The minimum absolute atomic E-state index is 0.202. The van der Waals surface area contributed by atoms with Crippen LogP contribution in [0.5, 0.6) is 0 Å². The van der Waals surface area contributed by atoms with E-state index < -0.39 is 17.9 Å². The molecule has 0 aliphatic heterocycles. The number of hydrogen-bond donors (Lipinski definition) is 1. The first kappa shape index (κ1) is 26.9. The standard InChI is InChI=1S/C28H24BrCl2N3O3/c1-3-21-25(27(35)32-23(28(36)37-2)15-17-7-5-4-6-8-17)33-34(24-14-13-20(30)16-22(24)31)26(21)18-9-11-19(29)12-10-18/h4-14,16,23H,3,15H2,1-2H3,(H,32,35)/t23-/m0/s1. The highest BCUT2D eigenvalue weighted by atomic mass is 79.9. The Morgan fingerprint density at radius 1 is 1.05 bits per heavy atom. The summed E-state index contributed by atoms with van der Waals surface area (Å²) < 4.78 is 7.54. The van der Waals surface area contributed by atoms with Gasteiger partial charge in [0.25, 0.3) is 5.91 Å². The molecule has 0 saturated carbocycles. The molecule has 0 unspecified atom stereocenters. The molecule has 0 aliphatic rings. The molecule has 1 heterocycles. The highest BCUT2D eigenvalue weighted by molar-refractivity contribution is 9.10.